The van der Waals surface area contributed by atoms with E-state index in [2.05, 4.69) is 21.1 Å². The maximum atomic E-state index is 12.7. The number of aromatic nitrogens is 2. The van der Waals surface area contributed by atoms with Crippen LogP contribution in [0.25, 0.3) is 0 Å². The Balaban J connectivity index is 1.48. The largest absolute Gasteiger partial charge is 0.375 e. The molecule has 25 heavy (non-hydrogen) atoms. The molecule has 4 heterocycles. The number of morpholine rings is 1. The van der Waals surface area contributed by atoms with E-state index in [0.29, 0.717) is 24.5 Å². The Morgan fingerprint density at radius 2 is 2.32 bits per heavy atom. The molecule has 0 unspecified atom stereocenters. The molecule has 2 aliphatic heterocycles. The van der Waals surface area contributed by atoms with E-state index >= 15 is 0 Å². The average Bonchev–Trinajstić information content (AvgIpc) is 3.08. The number of nitrogens with zero attached hydrogens (tertiary/aromatic N) is 4. The average molecular weight is 342 g/mol. The molecule has 132 valence electrons. The highest BCUT2D eigenvalue weighted by atomic mass is 16.5. The molecule has 0 bridgehead atoms. The van der Waals surface area contributed by atoms with Crippen LogP contribution in [0.3, 0.4) is 0 Å². The monoisotopic (exact) mass is 342 g/mol. The van der Waals surface area contributed by atoms with E-state index in [9.17, 15) is 4.79 Å². The Labute approximate surface area is 146 Å². The molecule has 1 amide bonds. The van der Waals surface area contributed by atoms with Gasteiger partial charge in [0.25, 0.3) is 5.91 Å². The molecule has 2 aromatic rings. The number of fused-ring (bicyclic) bond motifs is 1. The fourth-order valence-electron chi connectivity index (χ4n) is 3.68. The molecule has 2 fully saturated rings. The van der Waals surface area contributed by atoms with Crippen molar-refractivity contribution < 1.29 is 14.1 Å². The number of pyridine rings is 1. The minimum atomic E-state index is -0.0674. The summed E-state index contributed by atoms with van der Waals surface area (Å²) in [5.41, 5.74) is 1.56. The summed E-state index contributed by atoms with van der Waals surface area (Å²) in [6.45, 7) is 5.55. The van der Waals surface area contributed by atoms with Crippen LogP contribution in [0.4, 0.5) is 0 Å². The van der Waals surface area contributed by atoms with Crippen molar-refractivity contribution in [3.63, 3.8) is 0 Å². The third-order valence-corrected chi connectivity index (χ3v) is 4.94. The maximum absolute atomic E-state index is 12.7. The Morgan fingerprint density at radius 1 is 1.40 bits per heavy atom. The van der Waals surface area contributed by atoms with Gasteiger partial charge in [-0.2, -0.15) is 0 Å². The van der Waals surface area contributed by atoms with Crippen molar-refractivity contribution >= 4 is 5.91 Å². The molecule has 2 aromatic heterocycles. The summed E-state index contributed by atoms with van der Waals surface area (Å²) in [4.78, 5) is 21.2. The molecule has 0 N–H and O–H groups in total. The number of ether oxygens (including phenoxy) is 1. The van der Waals surface area contributed by atoms with Crippen molar-refractivity contribution in [1.29, 1.82) is 0 Å². The van der Waals surface area contributed by atoms with Gasteiger partial charge in [0.15, 0.2) is 5.69 Å². The lowest BCUT2D eigenvalue weighted by atomic mass is 9.98. The van der Waals surface area contributed by atoms with Gasteiger partial charge in [-0.1, -0.05) is 11.2 Å². The van der Waals surface area contributed by atoms with Gasteiger partial charge >= 0.3 is 0 Å². The van der Waals surface area contributed by atoms with Gasteiger partial charge in [0.1, 0.15) is 5.76 Å². The Bertz CT molecular complexity index is 733. The molecule has 7 nitrogen and oxygen atoms in total. The van der Waals surface area contributed by atoms with Crippen LogP contribution in [0.5, 0.6) is 0 Å². The van der Waals surface area contributed by atoms with Crippen LogP contribution in [-0.2, 0) is 11.3 Å². The molecule has 0 radical (unpaired) electrons. The lowest BCUT2D eigenvalue weighted by molar-refractivity contribution is -0.101. The quantitative estimate of drug-likeness (QED) is 0.842. The molecule has 4 rings (SSSR count). The highest BCUT2D eigenvalue weighted by molar-refractivity contribution is 5.92. The topological polar surface area (TPSA) is 71.7 Å². The van der Waals surface area contributed by atoms with Gasteiger partial charge in [-0.05, 0) is 25.0 Å². The van der Waals surface area contributed by atoms with Crippen molar-refractivity contribution in [1.82, 2.24) is 19.9 Å². The fourth-order valence-corrected chi connectivity index (χ4v) is 3.68. The Morgan fingerprint density at radius 3 is 3.08 bits per heavy atom. The number of amides is 1. The predicted molar refractivity (Wildman–Crippen MR) is 89.9 cm³/mol. The Hall–Kier alpha value is -2.25. The van der Waals surface area contributed by atoms with Gasteiger partial charge in [0, 0.05) is 44.6 Å². The minimum absolute atomic E-state index is 0.0674. The third-order valence-electron chi connectivity index (χ3n) is 4.94. The summed E-state index contributed by atoms with van der Waals surface area (Å²) in [5.74, 6) is 0.583. The first-order valence-corrected chi connectivity index (χ1v) is 8.68. The zero-order valence-electron chi connectivity index (χ0n) is 14.3. The fraction of sp³-hybridized carbons (Fsp3) is 0.500. The number of hydrogen-bond acceptors (Lipinski definition) is 6. The summed E-state index contributed by atoms with van der Waals surface area (Å²) in [6, 6.07) is 5.93. The molecule has 7 heteroatoms. The summed E-state index contributed by atoms with van der Waals surface area (Å²) in [5, 5.41) is 3.86. The van der Waals surface area contributed by atoms with Crippen LogP contribution in [0.2, 0.25) is 0 Å². The number of rotatable bonds is 3. The minimum Gasteiger partial charge on any atom is -0.375 e. The molecule has 2 saturated heterocycles. The van der Waals surface area contributed by atoms with Crippen LogP contribution in [-0.4, -0.2) is 64.2 Å². The standard InChI is InChI=1S/C18H22N4O3/c1-13-9-15(20-25-13)18(23)22-6-4-17-16(12-22)21(7-8-24-17)11-14-3-2-5-19-10-14/h2-3,5,9-10,16-17H,4,6-8,11-12H2,1H3/t16-,17-/m1/s1. The molecule has 0 aromatic carbocycles. The highest BCUT2D eigenvalue weighted by Gasteiger charge is 2.39. The van der Waals surface area contributed by atoms with Crippen LogP contribution in [0.15, 0.2) is 35.1 Å². The van der Waals surface area contributed by atoms with E-state index in [1.165, 1.54) is 5.56 Å². The van der Waals surface area contributed by atoms with Crippen LogP contribution >= 0.6 is 0 Å². The second-order valence-corrected chi connectivity index (χ2v) is 6.67. The second-order valence-electron chi connectivity index (χ2n) is 6.67. The molecular formula is C18H22N4O3. The van der Waals surface area contributed by atoms with E-state index < -0.39 is 0 Å². The smallest absolute Gasteiger partial charge is 0.276 e. The maximum Gasteiger partial charge on any atom is 0.276 e. The SMILES string of the molecule is Cc1cc(C(=O)N2CC[C@H]3OCCN(Cc4cccnc4)[C@@H]3C2)no1. The van der Waals surface area contributed by atoms with Crippen molar-refractivity contribution in [2.45, 2.75) is 32.0 Å². The van der Waals surface area contributed by atoms with Crippen molar-refractivity contribution in [2.75, 3.05) is 26.2 Å². The van der Waals surface area contributed by atoms with Crippen LogP contribution in [0, 0.1) is 6.92 Å². The molecule has 0 aliphatic carbocycles. The van der Waals surface area contributed by atoms with E-state index in [0.717, 1.165) is 26.1 Å². The first-order valence-electron chi connectivity index (χ1n) is 8.68. The number of carbonyl (C=O) groups excluding carboxylic acids is 1. The summed E-state index contributed by atoms with van der Waals surface area (Å²) in [6.07, 6.45) is 4.70. The number of piperidine rings is 1. The normalized spacial score (nSPS) is 24.1. The number of hydrogen-bond donors (Lipinski definition) is 0. The van der Waals surface area contributed by atoms with Crippen molar-refractivity contribution in [3.05, 3.63) is 47.6 Å². The first-order chi connectivity index (χ1) is 12.2. The third kappa shape index (κ3) is 3.43. The molecule has 2 atom stereocenters. The van der Waals surface area contributed by atoms with Gasteiger partial charge in [0.05, 0.1) is 18.8 Å². The number of aryl methyl sites for hydroxylation is 1. The predicted octanol–water partition coefficient (Wildman–Crippen LogP) is 1.49. The van der Waals surface area contributed by atoms with Crippen molar-refractivity contribution in [2.24, 2.45) is 0 Å². The summed E-state index contributed by atoms with van der Waals surface area (Å²) >= 11 is 0. The van der Waals surface area contributed by atoms with Crippen LogP contribution in [0.1, 0.15) is 28.2 Å². The molecule has 0 spiro atoms. The van der Waals surface area contributed by atoms with Gasteiger partial charge in [-0.25, -0.2) is 0 Å². The first kappa shape index (κ1) is 16.2. The van der Waals surface area contributed by atoms with Gasteiger partial charge in [-0.3, -0.25) is 14.7 Å². The van der Waals surface area contributed by atoms with Gasteiger partial charge in [0.2, 0.25) is 0 Å². The van der Waals surface area contributed by atoms with Gasteiger partial charge in [-0.15, -0.1) is 0 Å². The van der Waals surface area contributed by atoms with E-state index in [1.54, 1.807) is 19.2 Å². The zero-order chi connectivity index (χ0) is 17.2. The highest BCUT2D eigenvalue weighted by Crippen LogP contribution is 2.25. The van der Waals surface area contributed by atoms with Gasteiger partial charge < -0.3 is 14.2 Å². The summed E-state index contributed by atoms with van der Waals surface area (Å²) in [7, 11) is 0. The van der Waals surface area contributed by atoms with Crippen LogP contribution < -0.4 is 0 Å². The van der Waals surface area contributed by atoms with E-state index in [1.807, 2.05) is 17.2 Å². The molecular weight excluding hydrogens is 320 g/mol. The lowest BCUT2D eigenvalue weighted by Crippen LogP contribution is -2.60. The number of likely N-dealkylation sites (tertiary alicyclic amines) is 1. The van der Waals surface area contributed by atoms with Crippen molar-refractivity contribution in [3.8, 4) is 0 Å². The Kier molecular flexibility index (Phi) is 4.50. The molecule has 2 aliphatic rings. The lowest BCUT2D eigenvalue weighted by Gasteiger charge is -2.47. The summed E-state index contributed by atoms with van der Waals surface area (Å²) < 4.78 is 11.0. The number of carbonyl (C=O) groups is 1. The molecule has 0 saturated carbocycles. The van der Waals surface area contributed by atoms with E-state index in [-0.39, 0.29) is 18.1 Å². The van der Waals surface area contributed by atoms with E-state index in [4.69, 9.17) is 9.26 Å². The second kappa shape index (κ2) is 6.93. The zero-order valence-corrected chi connectivity index (χ0v) is 14.3.